The highest BCUT2D eigenvalue weighted by molar-refractivity contribution is 6.42. The van der Waals surface area contributed by atoms with Gasteiger partial charge in [-0.1, -0.05) is 64.7 Å². The molecule has 0 saturated heterocycles. The number of carbonyl (C=O) groups is 1. The summed E-state index contributed by atoms with van der Waals surface area (Å²) in [6.07, 6.45) is 0. The van der Waals surface area contributed by atoms with Gasteiger partial charge in [0.15, 0.2) is 0 Å². The number of carbonyl (C=O) groups excluding carboxylic acids is 1. The Bertz CT molecular complexity index is 795. The van der Waals surface area contributed by atoms with Gasteiger partial charge in [0.1, 0.15) is 0 Å². The molecular weight excluding hydrogens is 369 g/mol. The van der Waals surface area contributed by atoms with Crippen LogP contribution in [0.5, 0.6) is 0 Å². The lowest BCUT2D eigenvalue weighted by Gasteiger charge is -2.14. The average Bonchev–Trinajstić information content (AvgIpc) is 2.96. The van der Waals surface area contributed by atoms with Crippen LogP contribution in [0.3, 0.4) is 0 Å². The standard InChI is InChI=1S/C20H27Cl2N3O/c1-11(2)10-23-20(26)17-18(12(3)4)24-25(19(17)13(5)6)14-7-8-15(21)16(22)9-14/h7-9,11-13H,10H2,1-6H3,(H,23,26). The van der Waals surface area contributed by atoms with Crippen LogP contribution in [0.25, 0.3) is 5.69 Å². The molecule has 0 spiro atoms. The molecule has 1 amide bonds. The summed E-state index contributed by atoms with van der Waals surface area (Å²) in [6, 6.07) is 5.40. The molecule has 0 aliphatic rings. The molecule has 6 heteroatoms. The average molecular weight is 396 g/mol. The van der Waals surface area contributed by atoms with Gasteiger partial charge >= 0.3 is 0 Å². The molecule has 0 atom stereocenters. The number of nitrogens with zero attached hydrogens (tertiary/aromatic N) is 2. The first-order valence-corrected chi connectivity index (χ1v) is 9.75. The van der Waals surface area contributed by atoms with Crippen LogP contribution in [-0.4, -0.2) is 22.2 Å². The zero-order chi connectivity index (χ0) is 19.6. The highest BCUT2D eigenvalue weighted by Crippen LogP contribution is 2.32. The highest BCUT2D eigenvalue weighted by Gasteiger charge is 2.27. The Morgan fingerprint density at radius 3 is 2.23 bits per heavy atom. The van der Waals surface area contributed by atoms with Crippen molar-refractivity contribution >= 4 is 29.1 Å². The number of hydrogen-bond acceptors (Lipinski definition) is 2. The van der Waals surface area contributed by atoms with E-state index in [0.717, 1.165) is 17.1 Å². The van der Waals surface area contributed by atoms with Crippen LogP contribution in [0.15, 0.2) is 18.2 Å². The fourth-order valence-electron chi connectivity index (χ4n) is 2.82. The van der Waals surface area contributed by atoms with Crippen LogP contribution < -0.4 is 5.32 Å². The van der Waals surface area contributed by atoms with Crippen molar-refractivity contribution in [2.75, 3.05) is 6.54 Å². The Kier molecular flexibility index (Phi) is 6.75. The van der Waals surface area contributed by atoms with Gasteiger partial charge in [0.2, 0.25) is 0 Å². The van der Waals surface area contributed by atoms with E-state index in [2.05, 4.69) is 33.0 Å². The summed E-state index contributed by atoms with van der Waals surface area (Å²) in [5.41, 5.74) is 3.14. The minimum atomic E-state index is -0.0718. The fraction of sp³-hybridized carbons (Fsp3) is 0.500. The monoisotopic (exact) mass is 395 g/mol. The zero-order valence-electron chi connectivity index (χ0n) is 16.2. The Hall–Kier alpha value is -1.52. The van der Waals surface area contributed by atoms with E-state index >= 15 is 0 Å². The van der Waals surface area contributed by atoms with Crippen molar-refractivity contribution in [1.82, 2.24) is 15.1 Å². The smallest absolute Gasteiger partial charge is 0.255 e. The lowest BCUT2D eigenvalue weighted by Crippen LogP contribution is -2.29. The van der Waals surface area contributed by atoms with Gasteiger partial charge in [-0.15, -0.1) is 0 Å². The highest BCUT2D eigenvalue weighted by atomic mass is 35.5. The Labute approximate surface area is 165 Å². The maximum atomic E-state index is 13.0. The summed E-state index contributed by atoms with van der Waals surface area (Å²) < 4.78 is 1.83. The number of hydrogen-bond donors (Lipinski definition) is 1. The Morgan fingerprint density at radius 2 is 1.73 bits per heavy atom. The van der Waals surface area contributed by atoms with Crippen LogP contribution >= 0.6 is 23.2 Å². The molecule has 1 aromatic heterocycles. The van der Waals surface area contributed by atoms with E-state index < -0.39 is 0 Å². The molecule has 0 aliphatic heterocycles. The van der Waals surface area contributed by atoms with Gasteiger partial charge in [0.05, 0.1) is 32.7 Å². The molecular formula is C20H27Cl2N3O. The number of aromatic nitrogens is 2. The number of rotatable bonds is 6. The van der Waals surface area contributed by atoms with Crippen LogP contribution in [0.1, 0.15) is 75.1 Å². The van der Waals surface area contributed by atoms with E-state index in [4.69, 9.17) is 28.3 Å². The van der Waals surface area contributed by atoms with Gasteiger partial charge in [0.25, 0.3) is 5.91 Å². The van der Waals surface area contributed by atoms with E-state index in [9.17, 15) is 4.79 Å². The zero-order valence-corrected chi connectivity index (χ0v) is 17.7. The predicted molar refractivity (Wildman–Crippen MR) is 109 cm³/mol. The lowest BCUT2D eigenvalue weighted by atomic mass is 9.98. The molecule has 0 aliphatic carbocycles. The largest absolute Gasteiger partial charge is 0.352 e. The van der Waals surface area contributed by atoms with Crippen molar-refractivity contribution in [1.29, 1.82) is 0 Å². The van der Waals surface area contributed by atoms with Crippen molar-refractivity contribution in [3.8, 4) is 5.69 Å². The molecule has 142 valence electrons. The van der Waals surface area contributed by atoms with Crippen molar-refractivity contribution < 1.29 is 4.79 Å². The number of benzene rings is 1. The predicted octanol–water partition coefficient (Wildman–Crippen LogP) is 5.81. The van der Waals surface area contributed by atoms with E-state index in [1.807, 2.05) is 24.6 Å². The third-order valence-electron chi connectivity index (χ3n) is 4.09. The first-order chi connectivity index (χ1) is 12.1. The van der Waals surface area contributed by atoms with E-state index in [-0.39, 0.29) is 17.7 Å². The SMILES string of the molecule is CC(C)CNC(=O)c1c(C(C)C)nn(-c2ccc(Cl)c(Cl)c2)c1C(C)C. The second-order valence-electron chi connectivity index (χ2n) is 7.57. The number of halogens is 2. The second-order valence-corrected chi connectivity index (χ2v) is 8.38. The van der Waals surface area contributed by atoms with Crippen LogP contribution in [0.4, 0.5) is 0 Å². The van der Waals surface area contributed by atoms with Crippen LogP contribution in [-0.2, 0) is 0 Å². The van der Waals surface area contributed by atoms with Crippen molar-refractivity contribution in [3.63, 3.8) is 0 Å². The lowest BCUT2D eigenvalue weighted by molar-refractivity contribution is 0.0946. The van der Waals surface area contributed by atoms with E-state index in [0.29, 0.717) is 28.1 Å². The number of nitrogens with one attached hydrogen (secondary N) is 1. The maximum absolute atomic E-state index is 13.0. The van der Waals surface area contributed by atoms with Crippen LogP contribution in [0.2, 0.25) is 10.0 Å². The van der Waals surface area contributed by atoms with Crippen molar-refractivity contribution in [2.24, 2.45) is 5.92 Å². The van der Waals surface area contributed by atoms with E-state index in [1.165, 1.54) is 0 Å². The first kappa shape index (κ1) is 20.8. The van der Waals surface area contributed by atoms with Crippen molar-refractivity contribution in [2.45, 2.75) is 53.4 Å². The first-order valence-electron chi connectivity index (χ1n) is 8.99. The molecule has 2 aromatic rings. The second kappa shape index (κ2) is 8.45. The molecule has 0 radical (unpaired) electrons. The molecule has 0 unspecified atom stereocenters. The summed E-state index contributed by atoms with van der Waals surface area (Å²) in [7, 11) is 0. The third-order valence-corrected chi connectivity index (χ3v) is 4.83. The van der Waals surface area contributed by atoms with Gasteiger partial charge in [0, 0.05) is 6.54 Å². The Balaban J connectivity index is 2.64. The molecule has 4 nitrogen and oxygen atoms in total. The van der Waals surface area contributed by atoms with Gasteiger partial charge < -0.3 is 5.32 Å². The fourth-order valence-corrected chi connectivity index (χ4v) is 3.11. The van der Waals surface area contributed by atoms with Crippen molar-refractivity contribution in [3.05, 3.63) is 45.2 Å². The molecule has 0 fully saturated rings. The Morgan fingerprint density at radius 1 is 1.08 bits per heavy atom. The normalized spacial score (nSPS) is 11.7. The molecule has 1 aromatic carbocycles. The van der Waals surface area contributed by atoms with Gasteiger partial charge in [-0.3, -0.25) is 4.79 Å². The molecule has 1 heterocycles. The summed E-state index contributed by atoms with van der Waals surface area (Å²) >= 11 is 12.3. The van der Waals surface area contributed by atoms with Crippen LogP contribution in [0, 0.1) is 5.92 Å². The quantitative estimate of drug-likeness (QED) is 0.670. The molecule has 1 N–H and O–H groups in total. The number of amides is 1. The molecule has 0 saturated carbocycles. The summed E-state index contributed by atoms with van der Waals surface area (Å²) in [4.78, 5) is 13.0. The molecule has 26 heavy (non-hydrogen) atoms. The maximum Gasteiger partial charge on any atom is 0.255 e. The van der Waals surface area contributed by atoms with Gasteiger partial charge in [-0.05, 0) is 36.0 Å². The minimum Gasteiger partial charge on any atom is -0.352 e. The third kappa shape index (κ3) is 4.41. The minimum absolute atomic E-state index is 0.0718. The summed E-state index contributed by atoms with van der Waals surface area (Å²) in [5.74, 6) is 0.548. The van der Waals surface area contributed by atoms with Gasteiger partial charge in [-0.2, -0.15) is 5.10 Å². The molecule has 2 rings (SSSR count). The summed E-state index contributed by atoms with van der Waals surface area (Å²) in [6.45, 7) is 13.0. The van der Waals surface area contributed by atoms with E-state index in [1.54, 1.807) is 12.1 Å². The molecule has 0 bridgehead atoms. The summed E-state index contributed by atoms with van der Waals surface area (Å²) in [5, 5.41) is 8.77. The van der Waals surface area contributed by atoms with Gasteiger partial charge in [-0.25, -0.2) is 4.68 Å². The topological polar surface area (TPSA) is 46.9 Å².